The Morgan fingerprint density at radius 2 is 1.65 bits per heavy atom. The van der Waals surface area contributed by atoms with Crippen molar-refractivity contribution in [3.63, 3.8) is 0 Å². The van der Waals surface area contributed by atoms with Crippen LogP contribution in [0.25, 0.3) is 5.57 Å². The lowest BCUT2D eigenvalue weighted by Crippen LogP contribution is -2.46. The third-order valence-electron chi connectivity index (χ3n) is 5.34. The molecule has 0 aliphatic carbocycles. The summed E-state index contributed by atoms with van der Waals surface area (Å²) >= 11 is 0. The van der Waals surface area contributed by atoms with Gasteiger partial charge in [-0.1, -0.05) is 0 Å². The topological polar surface area (TPSA) is 106 Å². The summed E-state index contributed by atoms with van der Waals surface area (Å²) in [6.07, 6.45) is 3.01. The van der Waals surface area contributed by atoms with Crippen molar-refractivity contribution in [3.05, 3.63) is 75.7 Å². The predicted molar refractivity (Wildman–Crippen MR) is 111 cm³/mol. The quantitative estimate of drug-likeness (QED) is 0.414. The van der Waals surface area contributed by atoms with Crippen LogP contribution in [0.4, 0.5) is 5.69 Å². The number of hydrogen-bond donors (Lipinski definition) is 0. The van der Waals surface area contributed by atoms with Crippen LogP contribution in [0.1, 0.15) is 25.0 Å². The van der Waals surface area contributed by atoms with Gasteiger partial charge in [-0.3, -0.25) is 29.6 Å². The molecule has 2 aromatic rings. The number of pyridine rings is 1. The molecule has 9 heteroatoms. The van der Waals surface area contributed by atoms with Gasteiger partial charge in [0.25, 0.3) is 17.5 Å². The summed E-state index contributed by atoms with van der Waals surface area (Å²) in [5.74, 6) is -0.797. The summed E-state index contributed by atoms with van der Waals surface area (Å²) in [5.41, 5.74) is 1.75. The van der Waals surface area contributed by atoms with Gasteiger partial charge >= 0.3 is 0 Å². The van der Waals surface area contributed by atoms with Gasteiger partial charge in [-0.15, -0.1) is 0 Å². The number of carbonyl (C=O) groups excluding carboxylic acids is 2. The minimum atomic E-state index is -0.498. The minimum absolute atomic E-state index is 0.0788. The number of ether oxygens (including phenoxy) is 1. The smallest absolute Gasteiger partial charge is 0.278 e. The molecular weight excluding hydrogens is 400 g/mol. The lowest BCUT2D eigenvalue weighted by molar-refractivity contribution is -0.384. The molecule has 4 rings (SSSR count). The van der Waals surface area contributed by atoms with Crippen molar-refractivity contribution in [2.75, 3.05) is 13.1 Å². The van der Waals surface area contributed by atoms with Crippen LogP contribution in [0.2, 0.25) is 0 Å². The first-order valence-corrected chi connectivity index (χ1v) is 9.99. The summed E-state index contributed by atoms with van der Waals surface area (Å²) in [7, 11) is 0. The average Bonchev–Trinajstić information content (AvgIpc) is 2.98. The van der Waals surface area contributed by atoms with Crippen molar-refractivity contribution in [3.8, 4) is 0 Å². The monoisotopic (exact) mass is 422 g/mol. The van der Waals surface area contributed by atoms with Gasteiger partial charge in [0.1, 0.15) is 5.70 Å². The molecule has 2 aliphatic rings. The van der Waals surface area contributed by atoms with E-state index in [9.17, 15) is 19.7 Å². The molecule has 1 fully saturated rings. The van der Waals surface area contributed by atoms with E-state index in [1.54, 1.807) is 24.5 Å². The minimum Gasteiger partial charge on any atom is -0.372 e. The fourth-order valence-corrected chi connectivity index (χ4v) is 4.04. The number of nitrogens with zero attached hydrogens (tertiary/aromatic N) is 4. The van der Waals surface area contributed by atoms with Crippen molar-refractivity contribution in [1.29, 1.82) is 0 Å². The molecule has 0 saturated carbocycles. The SMILES string of the molecule is CC1CN(C2=C(c3ccc([N+](=O)[O-])cc3)C(=O)N(Cc3ccncc3)C2=O)CC(C)O1. The molecule has 2 aliphatic heterocycles. The number of rotatable bonds is 5. The molecule has 2 amide bonds. The largest absolute Gasteiger partial charge is 0.372 e. The number of non-ortho nitro benzene ring substituents is 1. The van der Waals surface area contributed by atoms with E-state index in [0.29, 0.717) is 24.4 Å². The van der Waals surface area contributed by atoms with Gasteiger partial charge in [-0.25, -0.2) is 0 Å². The normalized spacial score (nSPS) is 21.7. The second-order valence-electron chi connectivity index (χ2n) is 7.74. The first-order valence-electron chi connectivity index (χ1n) is 9.99. The van der Waals surface area contributed by atoms with Gasteiger partial charge in [0.05, 0.1) is 29.2 Å². The van der Waals surface area contributed by atoms with Gasteiger partial charge in [0.2, 0.25) is 0 Å². The zero-order valence-corrected chi connectivity index (χ0v) is 17.2. The van der Waals surface area contributed by atoms with E-state index >= 15 is 0 Å². The highest BCUT2D eigenvalue weighted by molar-refractivity contribution is 6.35. The summed E-state index contributed by atoms with van der Waals surface area (Å²) in [6.45, 7) is 4.90. The van der Waals surface area contributed by atoms with E-state index in [1.807, 2.05) is 18.7 Å². The Bertz CT molecular complexity index is 1040. The standard InChI is InChI=1S/C22H22N4O5/c1-14-11-24(12-15(2)31-14)20-19(17-3-5-18(6-4-17)26(29)30)21(27)25(22(20)28)13-16-7-9-23-10-8-16/h3-10,14-15H,11-13H2,1-2H3. The maximum atomic E-state index is 13.4. The van der Waals surface area contributed by atoms with E-state index in [0.717, 1.165) is 5.56 Å². The molecule has 1 aromatic carbocycles. The summed E-state index contributed by atoms with van der Waals surface area (Å²) in [6, 6.07) is 9.22. The zero-order valence-electron chi connectivity index (χ0n) is 17.2. The van der Waals surface area contributed by atoms with Crippen molar-refractivity contribution >= 4 is 23.1 Å². The van der Waals surface area contributed by atoms with E-state index < -0.39 is 10.8 Å². The second kappa shape index (κ2) is 8.27. The van der Waals surface area contributed by atoms with Crippen LogP contribution in [0, 0.1) is 10.1 Å². The molecule has 31 heavy (non-hydrogen) atoms. The van der Waals surface area contributed by atoms with Crippen molar-refractivity contribution < 1.29 is 19.2 Å². The molecule has 9 nitrogen and oxygen atoms in total. The predicted octanol–water partition coefficient (Wildman–Crippen LogP) is 2.38. The number of aromatic nitrogens is 1. The van der Waals surface area contributed by atoms with E-state index in [2.05, 4.69) is 4.98 Å². The van der Waals surface area contributed by atoms with Gasteiger partial charge in [0.15, 0.2) is 0 Å². The Balaban J connectivity index is 1.76. The Kier molecular flexibility index (Phi) is 5.51. The van der Waals surface area contributed by atoms with Gasteiger partial charge in [-0.05, 0) is 49.2 Å². The first-order chi connectivity index (χ1) is 14.8. The van der Waals surface area contributed by atoms with Crippen molar-refractivity contribution in [2.24, 2.45) is 0 Å². The Hall–Kier alpha value is -3.59. The number of hydrogen-bond acceptors (Lipinski definition) is 7. The lowest BCUT2D eigenvalue weighted by atomic mass is 10.0. The molecule has 2 unspecified atom stereocenters. The molecule has 1 saturated heterocycles. The summed E-state index contributed by atoms with van der Waals surface area (Å²) < 4.78 is 5.79. The van der Waals surface area contributed by atoms with Crippen LogP contribution >= 0.6 is 0 Å². The van der Waals surface area contributed by atoms with Crippen LogP contribution in [-0.2, 0) is 20.9 Å². The first kappa shape index (κ1) is 20.7. The molecule has 0 spiro atoms. The Labute approximate surface area is 179 Å². The van der Waals surface area contributed by atoms with Crippen molar-refractivity contribution in [1.82, 2.24) is 14.8 Å². The number of morpholine rings is 1. The molecule has 0 bridgehead atoms. The number of benzene rings is 1. The third kappa shape index (κ3) is 4.04. The van der Waals surface area contributed by atoms with Gasteiger partial charge in [0, 0.05) is 37.6 Å². The van der Waals surface area contributed by atoms with Crippen LogP contribution in [0.5, 0.6) is 0 Å². The fourth-order valence-electron chi connectivity index (χ4n) is 4.04. The van der Waals surface area contributed by atoms with Gasteiger partial charge < -0.3 is 9.64 Å². The maximum absolute atomic E-state index is 13.4. The molecule has 1 aromatic heterocycles. The lowest BCUT2D eigenvalue weighted by Gasteiger charge is -2.37. The van der Waals surface area contributed by atoms with Crippen LogP contribution in [0.3, 0.4) is 0 Å². The Morgan fingerprint density at radius 3 is 2.23 bits per heavy atom. The fraction of sp³-hybridized carbons (Fsp3) is 0.318. The van der Waals surface area contributed by atoms with Crippen LogP contribution in [0.15, 0.2) is 54.5 Å². The third-order valence-corrected chi connectivity index (χ3v) is 5.34. The van der Waals surface area contributed by atoms with E-state index in [1.165, 1.54) is 29.2 Å². The Morgan fingerprint density at radius 1 is 1.03 bits per heavy atom. The molecule has 160 valence electrons. The number of amides is 2. The number of nitro benzene ring substituents is 1. The number of imide groups is 1. The van der Waals surface area contributed by atoms with Crippen molar-refractivity contribution in [2.45, 2.75) is 32.6 Å². The maximum Gasteiger partial charge on any atom is 0.278 e. The van der Waals surface area contributed by atoms with E-state index in [-0.39, 0.29) is 35.9 Å². The number of carbonyl (C=O) groups is 2. The zero-order chi connectivity index (χ0) is 22.1. The molecule has 2 atom stereocenters. The second-order valence-corrected chi connectivity index (χ2v) is 7.74. The van der Waals surface area contributed by atoms with E-state index in [4.69, 9.17) is 4.74 Å². The highest BCUT2D eigenvalue weighted by Gasteiger charge is 2.43. The highest BCUT2D eigenvalue weighted by atomic mass is 16.6. The average molecular weight is 422 g/mol. The molecule has 0 radical (unpaired) electrons. The molecule has 3 heterocycles. The molecular formula is C22H22N4O5. The molecule has 0 N–H and O–H groups in total. The summed E-state index contributed by atoms with van der Waals surface area (Å²) in [5, 5.41) is 11.0. The van der Waals surface area contributed by atoms with Crippen LogP contribution < -0.4 is 0 Å². The summed E-state index contributed by atoms with van der Waals surface area (Å²) in [4.78, 5) is 44.4. The number of nitro groups is 1. The van der Waals surface area contributed by atoms with Gasteiger partial charge in [-0.2, -0.15) is 0 Å². The van der Waals surface area contributed by atoms with Crippen LogP contribution in [-0.4, -0.2) is 56.8 Å². The highest BCUT2D eigenvalue weighted by Crippen LogP contribution is 2.34.